The van der Waals surface area contributed by atoms with Gasteiger partial charge >= 0.3 is 0 Å². The maximum Gasteiger partial charge on any atom is 0.0949 e. The van der Waals surface area contributed by atoms with Crippen molar-refractivity contribution < 1.29 is 0 Å². The van der Waals surface area contributed by atoms with Crippen LogP contribution in [0.2, 0.25) is 0 Å². The first-order chi connectivity index (χ1) is 6.88. The Hall–Kier alpha value is -1.64. The molecule has 0 fully saturated rings. The van der Waals surface area contributed by atoms with Gasteiger partial charge in [-0.1, -0.05) is 6.92 Å². The summed E-state index contributed by atoms with van der Waals surface area (Å²) in [6.07, 6.45) is 8.45. The molecule has 0 amide bonds. The van der Waals surface area contributed by atoms with Gasteiger partial charge in [-0.3, -0.25) is 4.98 Å². The summed E-state index contributed by atoms with van der Waals surface area (Å²) >= 11 is 0. The Morgan fingerprint density at radius 2 is 2.29 bits per heavy atom. The lowest BCUT2D eigenvalue weighted by Crippen LogP contribution is -1.99. The zero-order valence-electron chi connectivity index (χ0n) is 8.22. The number of nitrogens with zero attached hydrogens (tertiary/aromatic N) is 3. The molecule has 0 saturated heterocycles. The fourth-order valence-electron chi connectivity index (χ4n) is 1.40. The second kappa shape index (κ2) is 4.05. The SMILES string of the molecule is CCc1ccnc(Cn2ccnc2)c1. The number of imidazole rings is 1. The maximum absolute atomic E-state index is 4.31. The fraction of sp³-hybridized carbons (Fsp3) is 0.273. The summed E-state index contributed by atoms with van der Waals surface area (Å²) in [6, 6.07) is 4.19. The van der Waals surface area contributed by atoms with Crippen LogP contribution in [0.5, 0.6) is 0 Å². The average Bonchev–Trinajstić information content (AvgIpc) is 2.71. The van der Waals surface area contributed by atoms with Crippen molar-refractivity contribution in [2.45, 2.75) is 19.9 Å². The molecule has 0 saturated carbocycles. The summed E-state index contributed by atoms with van der Waals surface area (Å²) in [5, 5.41) is 0. The van der Waals surface area contributed by atoms with Gasteiger partial charge < -0.3 is 4.57 Å². The predicted molar refractivity (Wildman–Crippen MR) is 54.9 cm³/mol. The van der Waals surface area contributed by atoms with Crippen LogP contribution in [-0.2, 0) is 13.0 Å². The standard InChI is InChI=1S/C11H13N3/c1-2-10-3-4-13-11(7-10)8-14-6-5-12-9-14/h3-7,9H,2,8H2,1H3. The summed E-state index contributed by atoms with van der Waals surface area (Å²) in [4.78, 5) is 8.31. The van der Waals surface area contributed by atoms with Crippen molar-refractivity contribution in [2.24, 2.45) is 0 Å². The van der Waals surface area contributed by atoms with Gasteiger partial charge in [0.2, 0.25) is 0 Å². The van der Waals surface area contributed by atoms with Crippen molar-refractivity contribution in [1.82, 2.24) is 14.5 Å². The van der Waals surface area contributed by atoms with Crippen molar-refractivity contribution in [3.63, 3.8) is 0 Å². The van der Waals surface area contributed by atoms with Crippen LogP contribution in [0.1, 0.15) is 18.2 Å². The maximum atomic E-state index is 4.31. The van der Waals surface area contributed by atoms with Crippen molar-refractivity contribution in [1.29, 1.82) is 0 Å². The number of hydrogen-bond acceptors (Lipinski definition) is 2. The highest BCUT2D eigenvalue weighted by molar-refractivity contribution is 5.16. The second-order valence-electron chi connectivity index (χ2n) is 3.24. The van der Waals surface area contributed by atoms with Gasteiger partial charge in [-0.05, 0) is 24.1 Å². The lowest BCUT2D eigenvalue weighted by Gasteiger charge is -2.03. The minimum absolute atomic E-state index is 0.799. The van der Waals surface area contributed by atoms with E-state index in [2.05, 4.69) is 29.0 Å². The van der Waals surface area contributed by atoms with Crippen LogP contribution in [0, 0.1) is 0 Å². The summed E-state index contributed by atoms with van der Waals surface area (Å²) < 4.78 is 2.02. The first-order valence-electron chi connectivity index (χ1n) is 4.78. The normalized spacial score (nSPS) is 10.4. The molecule has 0 aliphatic heterocycles. The second-order valence-corrected chi connectivity index (χ2v) is 3.24. The van der Waals surface area contributed by atoms with Crippen LogP contribution in [0.4, 0.5) is 0 Å². The Labute approximate surface area is 83.4 Å². The van der Waals surface area contributed by atoms with E-state index in [1.165, 1.54) is 5.56 Å². The Morgan fingerprint density at radius 1 is 1.36 bits per heavy atom. The minimum Gasteiger partial charge on any atom is -0.331 e. The Morgan fingerprint density at radius 3 is 3.00 bits per heavy atom. The molecule has 0 atom stereocenters. The molecule has 72 valence electrons. The van der Waals surface area contributed by atoms with E-state index in [1.807, 2.05) is 17.0 Å². The third-order valence-electron chi connectivity index (χ3n) is 2.19. The van der Waals surface area contributed by atoms with Gasteiger partial charge in [0.1, 0.15) is 0 Å². The van der Waals surface area contributed by atoms with E-state index in [1.54, 1.807) is 12.5 Å². The smallest absolute Gasteiger partial charge is 0.0949 e. The quantitative estimate of drug-likeness (QED) is 0.734. The van der Waals surface area contributed by atoms with Gasteiger partial charge in [-0.2, -0.15) is 0 Å². The predicted octanol–water partition coefficient (Wildman–Crippen LogP) is 1.89. The van der Waals surface area contributed by atoms with Gasteiger partial charge in [-0.25, -0.2) is 4.98 Å². The molecule has 0 aromatic carbocycles. The largest absolute Gasteiger partial charge is 0.331 e. The molecular weight excluding hydrogens is 174 g/mol. The van der Waals surface area contributed by atoms with Gasteiger partial charge in [0.15, 0.2) is 0 Å². The highest BCUT2D eigenvalue weighted by Crippen LogP contribution is 2.04. The Kier molecular flexibility index (Phi) is 2.58. The fourth-order valence-corrected chi connectivity index (χ4v) is 1.40. The number of aromatic nitrogens is 3. The van der Waals surface area contributed by atoms with Gasteiger partial charge in [0.05, 0.1) is 18.6 Å². The van der Waals surface area contributed by atoms with Crippen molar-refractivity contribution in [3.8, 4) is 0 Å². The van der Waals surface area contributed by atoms with Gasteiger partial charge in [0.25, 0.3) is 0 Å². The van der Waals surface area contributed by atoms with E-state index in [-0.39, 0.29) is 0 Å². The molecule has 0 N–H and O–H groups in total. The lowest BCUT2D eigenvalue weighted by atomic mass is 10.2. The zero-order chi connectivity index (χ0) is 9.80. The Bertz CT molecular complexity index is 393. The molecule has 0 aliphatic rings. The molecule has 0 bridgehead atoms. The van der Waals surface area contributed by atoms with Crippen LogP contribution in [0.15, 0.2) is 37.1 Å². The van der Waals surface area contributed by atoms with Crippen LogP contribution < -0.4 is 0 Å². The van der Waals surface area contributed by atoms with Crippen molar-refractivity contribution in [2.75, 3.05) is 0 Å². The van der Waals surface area contributed by atoms with E-state index in [0.29, 0.717) is 0 Å². The third kappa shape index (κ3) is 1.99. The monoisotopic (exact) mass is 187 g/mol. The molecule has 2 heterocycles. The highest BCUT2D eigenvalue weighted by Gasteiger charge is 1.96. The number of aryl methyl sites for hydroxylation is 1. The van der Waals surface area contributed by atoms with Crippen molar-refractivity contribution >= 4 is 0 Å². The molecule has 2 aromatic rings. The third-order valence-corrected chi connectivity index (χ3v) is 2.19. The highest BCUT2D eigenvalue weighted by atomic mass is 15.0. The summed E-state index contributed by atoms with van der Waals surface area (Å²) in [7, 11) is 0. The van der Waals surface area contributed by atoms with Crippen molar-refractivity contribution in [3.05, 3.63) is 48.3 Å². The molecule has 2 aromatic heterocycles. The molecular formula is C11H13N3. The van der Waals surface area contributed by atoms with Gasteiger partial charge in [0, 0.05) is 18.6 Å². The summed E-state index contributed by atoms with van der Waals surface area (Å²) in [5.41, 5.74) is 2.41. The molecule has 0 aliphatic carbocycles. The van der Waals surface area contributed by atoms with E-state index in [4.69, 9.17) is 0 Å². The number of rotatable bonds is 3. The summed E-state index contributed by atoms with van der Waals surface area (Å²) in [6.45, 7) is 2.95. The Balaban J connectivity index is 2.17. The molecule has 3 heteroatoms. The zero-order valence-corrected chi connectivity index (χ0v) is 8.22. The molecule has 0 radical (unpaired) electrons. The first kappa shape index (κ1) is 8.94. The van der Waals surface area contributed by atoms with Crippen LogP contribution in [0.3, 0.4) is 0 Å². The molecule has 0 unspecified atom stereocenters. The van der Waals surface area contributed by atoms with Crippen LogP contribution in [-0.4, -0.2) is 14.5 Å². The number of pyridine rings is 1. The molecule has 2 rings (SSSR count). The molecule has 0 spiro atoms. The van der Waals surface area contributed by atoms with E-state index in [0.717, 1.165) is 18.7 Å². The van der Waals surface area contributed by atoms with Crippen LogP contribution >= 0.6 is 0 Å². The minimum atomic E-state index is 0.799. The molecule has 14 heavy (non-hydrogen) atoms. The first-order valence-corrected chi connectivity index (χ1v) is 4.78. The van der Waals surface area contributed by atoms with E-state index < -0.39 is 0 Å². The summed E-state index contributed by atoms with van der Waals surface area (Å²) in [5.74, 6) is 0. The van der Waals surface area contributed by atoms with E-state index >= 15 is 0 Å². The lowest BCUT2D eigenvalue weighted by molar-refractivity contribution is 0.770. The van der Waals surface area contributed by atoms with Crippen LogP contribution in [0.25, 0.3) is 0 Å². The van der Waals surface area contributed by atoms with Gasteiger partial charge in [-0.15, -0.1) is 0 Å². The number of hydrogen-bond donors (Lipinski definition) is 0. The topological polar surface area (TPSA) is 30.7 Å². The molecule has 3 nitrogen and oxygen atoms in total. The van der Waals surface area contributed by atoms with E-state index in [9.17, 15) is 0 Å². The average molecular weight is 187 g/mol.